The second kappa shape index (κ2) is 5.06. The van der Waals surface area contributed by atoms with Gasteiger partial charge in [0.05, 0.1) is 0 Å². The van der Waals surface area contributed by atoms with Gasteiger partial charge in [0.25, 0.3) is 0 Å². The van der Waals surface area contributed by atoms with Gasteiger partial charge >= 0.3 is 0 Å². The fourth-order valence-electron chi connectivity index (χ4n) is 0.440. The van der Waals surface area contributed by atoms with Crippen molar-refractivity contribution < 1.29 is 0 Å². The monoisotopic (exact) mass is 115 g/mol. The van der Waals surface area contributed by atoms with Crippen LogP contribution in [0.5, 0.6) is 0 Å². The molecule has 0 saturated carbocycles. The van der Waals surface area contributed by atoms with Crippen LogP contribution in [0, 0.1) is 5.92 Å². The number of hydrogen-bond acceptors (Lipinski definition) is 2. The summed E-state index contributed by atoms with van der Waals surface area (Å²) in [4.78, 5) is 0. The van der Waals surface area contributed by atoms with Gasteiger partial charge in [-0.3, -0.25) is 0 Å². The van der Waals surface area contributed by atoms with Gasteiger partial charge in [0.1, 0.15) is 0 Å². The summed E-state index contributed by atoms with van der Waals surface area (Å²) in [6.07, 6.45) is 0. The van der Waals surface area contributed by atoms with Gasteiger partial charge in [-0.05, 0) is 5.92 Å². The molecule has 8 heavy (non-hydrogen) atoms. The van der Waals surface area contributed by atoms with Crippen LogP contribution in [0.25, 0.3) is 0 Å². The molecule has 0 aliphatic carbocycles. The normalized spacial score (nSPS) is 10.5. The highest BCUT2D eigenvalue weighted by Crippen LogP contribution is 1.88. The van der Waals surface area contributed by atoms with Crippen molar-refractivity contribution in [2.24, 2.45) is 5.73 Å². The van der Waals surface area contributed by atoms with Crippen LogP contribution in [-0.4, -0.2) is 19.6 Å². The summed E-state index contributed by atoms with van der Waals surface area (Å²) in [5.41, 5.74) is 5.24. The molecule has 0 heterocycles. The Morgan fingerprint density at radius 1 is 1.50 bits per heavy atom. The topological polar surface area (TPSA) is 38.0 Å². The Morgan fingerprint density at radius 3 is 2.50 bits per heavy atom. The molecule has 2 heteroatoms. The largest absolute Gasteiger partial charge is 0.329 e. The molecule has 0 unspecified atom stereocenters. The van der Waals surface area contributed by atoms with Gasteiger partial charge in [0, 0.05) is 19.6 Å². The maximum absolute atomic E-state index is 5.24. The summed E-state index contributed by atoms with van der Waals surface area (Å²) in [6.45, 7) is 6.85. The molecule has 0 bridgehead atoms. The van der Waals surface area contributed by atoms with Crippen molar-refractivity contribution in [3.63, 3.8) is 0 Å². The van der Waals surface area contributed by atoms with E-state index in [1.54, 1.807) is 0 Å². The zero-order valence-corrected chi connectivity index (χ0v) is 5.70. The first kappa shape index (κ1) is 7.92. The van der Waals surface area contributed by atoms with Crippen molar-refractivity contribution in [1.82, 2.24) is 5.32 Å². The molecule has 49 valence electrons. The lowest BCUT2D eigenvalue weighted by Gasteiger charge is -2.03. The molecule has 0 amide bonds. The first-order chi connectivity index (χ1) is 3.77. The standard InChI is InChI=1S/C6H15N2/c1-6(2)5-8-4-3-7/h8H,3-5,7H2,1-2H3. The smallest absolute Gasteiger partial charge is 0.00747 e. The van der Waals surface area contributed by atoms with Crippen molar-refractivity contribution >= 4 is 0 Å². The number of rotatable bonds is 4. The maximum atomic E-state index is 5.24. The average Bonchev–Trinajstić information content (AvgIpc) is 1.66. The van der Waals surface area contributed by atoms with Crippen LogP contribution in [0.4, 0.5) is 0 Å². The Balaban J connectivity index is 2.72. The van der Waals surface area contributed by atoms with Gasteiger partial charge in [-0.2, -0.15) is 0 Å². The summed E-state index contributed by atoms with van der Waals surface area (Å²) in [6, 6.07) is 0. The van der Waals surface area contributed by atoms with Crippen LogP contribution in [0.15, 0.2) is 0 Å². The lowest BCUT2D eigenvalue weighted by atomic mass is 10.2. The molecule has 3 N–H and O–H groups in total. The fourth-order valence-corrected chi connectivity index (χ4v) is 0.440. The Labute approximate surface area is 51.5 Å². The molecule has 0 aliphatic heterocycles. The highest BCUT2D eigenvalue weighted by atomic mass is 14.9. The maximum Gasteiger partial charge on any atom is 0.00747 e. The minimum atomic E-state index is 0.729. The Kier molecular flexibility index (Phi) is 5.01. The van der Waals surface area contributed by atoms with Crippen molar-refractivity contribution in [2.45, 2.75) is 13.8 Å². The zero-order chi connectivity index (χ0) is 6.41. The molecular formula is C6H15N2. The van der Waals surface area contributed by atoms with Crippen LogP contribution in [0.3, 0.4) is 0 Å². The first-order valence-corrected chi connectivity index (χ1v) is 2.97. The first-order valence-electron chi connectivity index (χ1n) is 2.97. The lowest BCUT2D eigenvalue weighted by molar-refractivity contribution is 0.698. The summed E-state index contributed by atoms with van der Waals surface area (Å²) in [7, 11) is 0. The molecule has 0 atom stereocenters. The van der Waals surface area contributed by atoms with Crippen molar-refractivity contribution in [3.8, 4) is 0 Å². The minimum Gasteiger partial charge on any atom is -0.329 e. The average molecular weight is 115 g/mol. The van der Waals surface area contributed by atoms with Crippen LogP contribution in [0.2, 0.25) is 0 Å². The Morgan fingerprint density at radius 2 is 2.12 bits per heavy atom. The molecule has 0 aromatic carbocycles. The van der Waals surface area contributed by atoms with E-state index in [-0.39, 0.29) is 0 Å². The highest BCUT2D eigenvalue weighted by molar-refractivity contribution is 4.79. The van der Waals surface area contributed by atoms with E-state index >= 15 is 0 Å². The van der Waals surface area contributed by atoms with E-state index in [2.05, 4.69) is 19.2 Å². The third-order valence-electron chi connectivity index (χ3n) is 0.800. The van der Waals surface area contributed by atoms with Gasteiger partial charge in [0.2, 0.25) is 0 Å². The molecule has 0 spiro atoms. The van der Waals surface area contributed by atoms with Crippen molar-refractivity contribution in [3.05, 3.63) is 5.92 Å². The van der Waals surface area contributed by atoms with Gasteiger partial charge in [-0.1, -0.05) is 13.8 Å². The third kappa shape index (κ3) is 5.92. The molecule has 0 aromatic heterocycles. The van der Waals surface area contributed by atoms with Crippen LogP contribution in [0.1, 0.15) is 13.8 Å². The Hall–Kier alpha value is -0.0800. The second-order valence-electron chi connectivity index (χ2n) is 2.17. The number of nitrogens with one attached hydrogen (secondary N) is 1. The quantitative estimate of drug-likeness (QED) is 0.512. The van der Waals surface area contributed by atoms with Crippen molar-refractivity contribution in [1.29, 1.82) is 0 Å². The zero-order valence-electron chi connectivity index (χ0n) is 5.70. The molecular weight excluding hydrogens is 100 g/mol. The summed E-state index contributed by atoms with van der Waals surface area (Å²) in [5.74, 6) is 1.40. The minimum absolute atomic E-state index is 0.729. The number of nitrogens with two attached hydrogens (primary N) is 1. The fraction of sp³-hybridized carbons (Fsp3) is 0.833. The summed E-state index contributed by atoms with van der Waals surface area (Å²) in [5, 5.41) is 3.17. The molecule has 0 saturated heterocycles. The predicted molar refractivity (Wildman–Crippen MR) is 36.5 cm³/mol. The molecule has 1 radical (unpaired) electrons. The van der Waals surface area contributed by atoms with Crippen LogP contribution in [-0.2, 0) is 0 Å². The van der Waals surface area contributed by atoms with E-state index in [4.69, 9.17) is 5.73 Å². The van der Waals surface area contributed by atoms with Gasteiger partial charge in [-0.15, -0.1) is 0 Å². The predicted octanol–water partition coefficient (Wildman–Crippen LogP) is 0.149. The van der Waals surface area contributed by atoms with Gasteiger partial charge < -0.3 is 11.1 Å². The van der Waals surface area contributed by atoms with E-state index in [1.165, 1.54) is 5.92 Å². The van der Waals surface area contributed by atoms with Gasteiger partial charge in [0.15, 0.2) is 0 Å². The SMILES string of the molecule is C[C](C)CNCCN. The van der Waals surface area contributed by atoms with E-state index < -0.39 is 0 Å². The van der Waals surface area contributed by atoms with E-state index in [0.29, 0.717) is 0 Å². The number of hydrogen-bond donors (Lipinski definition) is 2. The lowest BCUT2D eigenvalue weighted by Crippen LogP contribution is -2.25. The van der Waals surface area contributed by atoms with Crippen molar-refractivity contribution in [2.75, 3.05) is 19.6 Å². The molecule has 0 aromatic rings. The molecule has 2 nitrogen and oxygen atoms in total. The molecule has 0 rings (SSSR count). The Bertz CT molecular complexity index is 43.8. The van der Waals surface area contributed by atoms with Crippen LogP contribution < -0.4 is 11.1 Å². The van der Waals surface area contributed by atoms with Gasteiger partial charge in [-0.25, -0.2) is 0 Å². The second-order valence-corrected chi connectivity index (χ2v) is 2.17. The van der Waals surface area contributed by atoms with Crippen LogP contribution >= 0.6 is 0 Å². The highest BCUT2D eigenvalue weighted by Gasteiger charge is 1.89. The molecule has 0 fully saturated rings. The summed E-state index contributed by atoms with van der Waals surface area (Å²) >= 11 is 0. The third-order valence-corrected chi connectivity index (χ3v) is 0.800. The van der Waals surface area contributed by atoms with E-state index in [1.807, 2.05) is 0 Å². The van der Waals surface area contributed by atoms with E-state index in [9.17, 15) is 0 Å². The van der Waals surface area contributed by atoms with E-state index in [0.717, 1.165) is 19.6 Å². The molecule has 0 aliphatic rings. The summed E-state index contributed by atoms with van der Waals surface area (Å²) < 4.78 is 0.